The average Bonchev–Trinajstić information content (AvgIpc) is 2.41. The molecule has 19 heavy (non-hydrogen) atoms. The first kappa shape index (κ1) is 13.4. The number of hydrogen-bond acceptors (Lipinski definition) is 1. The predicted molar refractivity (Wildman–Crippen MR) is 70.1 cm³/mol. The molecule has 1 nitrogen and oxygen atoms in total. The van der Waals surface area contributed by atoms with Crippen molar-refractivity contribution in [2.75, 3.05) is 0 Å². The van der Waals surface area contributed by atoms with Crippen molar-refractivity contribution in [2.45, 2.75) is 19.3 Å². The molecule has 0 fully saturated rings. The van der Waals surface area contributed by atoms with Crippen molar-refractivity contribution >= 4 is 5.78 Å². The second-order valence-electron chi connectivity index (χ2n) is 4.41. The van der Waals surface area contributed by atoms with Gasteiger partial charge in [0.1, 0.15) is 11.6 Å². The van der Waals surface area contributed by atoms with E-state index in [0.717, 1.165) is 12.0 Å². The Morgan fingerprint density at radius 3 is 1.95 bits per heavy atom. The van der Waals surface area contributed by atoms with Crippen molar-refractivity contribution in [1.82, 2.24) is 0 Å². The van der Waals surface area contributed by atoms with Crippen molar-refractivity contribution in [1.29, 1.82) is 0 Å². The lowest BCUT2D eigenvalue weighted by Gasteiger charge is -2.02. The number of Topliss-reactive ketones (excluding diaryl/α,β-unsaturated/α-hetero) is 1. The summed E-state index contributed by atoms with van der Waals surface area (Å²) in [5, 5.41) is 0. The van der Waals surface area contributed by atoms with Crippen LogP contribution in [-0.2, 0) is 6.42 Å². The summed E-state index contributed by atoms with van der Waals surface area (Å²) in [6.45, 7) is 0. The van der Waals surface area contributed by atoms with Crippen LogP contribution in [0.25, 0.3) is 0 Å². The largest absolute Gasteiger partial charge is 0.294 e. The van der Waals surface area contributed by atoms with Crippen LogP contribution in [0.2, 0.25) is 0 Å². The number of halogens is 2. The zero-order valence-corrected chi connectivity index (χ0v) is 10.4. The van der Waals surface area contributed by atoms with Gasteiger partial charge in [0.25, 0.3) is 0 Å². The summed E-state index contributed by atoms with van der Waals surface area (Å²) in [5.41, 5.74) is 1.54. The molecule has 0 N–H and O–H groups in total. The van der Waals surface area contributed by atoms with Crippen LogP contribution in [0.4, 0.5) is 8.78 Å². The molecule has 0 saturated heterocycles. The van der Waals surface area contributed by atoms with E-state index in [9.17, 15) is 13.6 Å². The zero-order valence-electron chi connectivity index (χ0n) is 10.4. The third-order valence-electron chi connectivity index (χ3n) is 2.95. The van der Waals surface area contributed by atoms with Crippen LogP contribution in [0, 0.1) is 11.6 Å². The van der Waals surface area contributed by atoms with Gasteiger partial charge in [-0.2, -0.15) is 0 Å². The van der Waals surface area contributed by atoms with Gasteiger partial charge in [-0.05, 0) is 54.8 Å². The molecule has 0 aliphatic rings. The van der Waals surface area contributed by atoms with E-state index in [1.165, 1.54) is 36.4 Å². The molecule has 0 amide bonds. The number of carbonyl (C=O) groups excluding carboxylic acids is 1. The van der Waals surface area contributed by atoms with E-state index in [0.29, 0.717) is 18.4 Å². The number of benzene rings is 2. The maximum atomic E-state index is 12.7. The van der Waals surface area contributed by atoms with Gasteiger partial charge in [0.05, 0.1) is 0 Å². The fraction of sp³-hybridized carbons (Fsp3) is 0.188. The van der Waals surface area contributed by atoms with Crippen molar-refractivity contribution in [3.63, 3.8) is 0 Å². The van der Waals surface area contributed by atoms with Crippen LogP contribution in [0.1, 0.15) is 28.8 Å². The Balaban J connectivity index is 1.84. The first-order chi connectivity index (χ1) is 9.15. The van der Waals surface area contributed by atoms with Crippen LogP contribution >= 0.6 is 0 Å². The van der Waals surface area contributed by atoms with Gasteiger partial charge in [0.2, 0.25) is 0 Å². The molecular weight excluding hydrogens is 246 g/mol. The molecular formula is C16H14F2O. The second-order valence-corrected chi connectivity index (χ2v) is 4.41. The topological polar surface area (TPSA) is 17.1 Å². The average molecular weight is 260 g/mol. The summed E-state index contributed by atoms with van der Waals surface area (Å²) >= 11 is 0. The normalized spacial score (nSPS) is 10.4. The summed E-state index contributed by atoms with van der Waals surface area (Å²) in [5.74, 6) is -0.601. The molecule has 3 heteroatoms. The van der Waals surface area contributed by atoms with E-state index in [1.54, 1.807) is 12.1 Å². The Morgan fingerprint density at radius 2 is 1.37 bits per heavy atom. The monoisotopic (exact) mass is 260 g/mol. The third kappa shape index (κ3) is 3.98. The fourth-order valence-corrected chi connectivity index (χ4v) is 1.88. The molecule has 0 heterocycles. The van der Waals surface area contributed by atoms with Gasteiger partial charge in [-0.25, -0.2) is 8.78 Å². The minimum absolute atomic E-state index is 0.00196. The van der Waals surface area contributed by atoms with Gasteiger partial charge in [0.15, 0.2) is 5.78 Å². The predicted octanol–water partition coefficient (Wildman–Crippen LogP) is 4.17. The molecule has 0 bridgehead atoms. The van der Waals surface area contributed by atoms with Crippen molar-refractivity contribution < 1.29 is 13.6 Å². The lowest BCUT2D eigenvalue weighted by molar-refractivity contribution is 0.0980. The molecule has 0 unspecified atom stereocenters. The number of aryl methyl sites for hydroxylation is 1. The number of hydrogen-bond donors (Lipinski definition) is 0. The first-order valence-electron chi connectivity index (χ1n) is 6.18. The highest BCUT2D eigenvalue weighted by Gasteiger charge is 2.05. The summed E-state index contributed by atoms with van der Waals surface area (Å²) in [7, 11) is 0. The molecule has 2 aromatic carbocycles. The summed E-state index contributed by atoms with van der Waals surface area (Å²) in [6, 6.07) is 11.8. The highest BCUT2D eigenvalue weighted by atomic mass is 19.1. The molecule has 0 aromatic heterocycles. The summed E-state index contributed by atoms with van der Waals surface area (Å²) in [4.78, 5) is 11.8. The van der Waals surface area contributed by atoms with E-state index in [4.69, 9.17) is 0 Å². The highest BCUT2D eigenvalue weighted by molar-refractivity contribution is 5.95. The molecule has 0 aliphatic carbocycles. The fourth-order valence-electron chi connectivity index (χ4n) is 1.88. The third-order valence-corrected chi connectivity index (χ3v) is 2.95. The van der Waals surface area contributed by atoms with Gasteiger partial charge < -0.3 is 0 Å². The second kappa shape index (κ2) is 6.23. The molecule has 0 aliphatic heterocycles. The van der Waals surface area contributed by atoms with Crippen LogP contribution < -0.4 is 0 Å². The van der Waals surface area contributed by atoms with Gasteiger partial charge >= 0.3 is 0 Å². The van der Waals surface area contributed by atoms with E-state index < -0.39 is 0 Å². The van der Waals surface area contributed by atoms with Crippen molar-refractivity contribution in [3.8, 4) is 0 Å². The maximum absolute atomic E-state index is 12.7. The lowest BCUT2D eigenvalue weighted by atomic mass is 10.0. The van der Waals surface area contributed by atoms with Crippen LogP contribution in [-0.4, -0.2) is 5.78 Å². The van der Waals surface area contributed by atoms with E-state index in [-0.39, 0.29) is 17.4 Å². The van der Waals surface area contributed by atoms with E-state index >= 15 is 0 Å². The molecule has 0 radical (unpaired) electrons. The van der Waals surface area contributed by atoms with Crippen molar-refractivity contribution in [3.05, 3.63) is 71.3 Å². The molecule has 98 valence electrons. The van der Waals surface area contributed by atoms with Crippen molar-refractivity contribution in [2.24, 2.45) is 0 Å². The van der Waals surface area contributed by atoms with Gasteiger partial charge in [-0.15, -0.1) is 0 Å². The molecule has 2 rings (SSSR count). The molecule has 0 atom stereocenters. The number of carbonyl (C=O) groups is 1. The first-order valence-corrected chi connectivity index (χ1v) is 6.18. The minimum Gasteiger partial charge on any atom is -0.294 e. The van der Waals surface area contributed by atoms with E-state index in [1.807, 2.05) is 0 Å². The van der Waals surface area contributed by atoms with E-state index in [2.05, 4.69) is 0 Å². The number of ketones is 1. The van der Waals surface area contributed by atoms with Gasteiger partial charge in [-0.3, -0.25) is 4.79 Å². The van der Waals surface area contributed by atoms with Gasteiger partial charge in [0, 0.05) is 12.0 Å². The summed E-state index contributed by atoms with van der Waals surface area (Å²) in [6.07, 6.45) is 1.83. The molecule has 0 saturated carbocycles. The smallest absolute Gasteiger partial charge is 0.162 e. The lowest BCUT2D eigenvalue weighted by Crippen LogP contribution is -2.00. The Kier molecular flexibility index (Phi) is 4.39. The van der Waals surface area contributed by atoms with Crippen LogP contribution in [0.3, 0.4) is 0 Å². The Morgan fingerprint density at radius 1 is 0.842 bits per heavy atom. The number of rotatable bonds is 5. The van der Waals surface area contributed by atoms with Crippen LogP contribution in [0.5, 0.6) is 0 Å². The summed E-state index contributed by atoms with van der Waals surface area (Å²) < 4.78 is 25.4. The standard InChI is InChI=1S/C16H14F2O/c17-14-8-4-12(5-9-14)2-1-3-16(19)13-6-10-15(18)11-7-13/h4-11H,1-3H2. The Labute approximate surface area is 110 Å². The molecule has 0 spiro atoms. The zero-order chi connectivity index (χ0) is 13.7. The molecule has 2 aromatic rings. The SMILES string of the molecule is O=C(CCCc1ccc(F)cc1)c1ccc(F)cc1. The minimum atomic E-state index is -0.345. The maximum Gasteiger partial charge on any atom is 0.162 e. The van der Waals surface area contributed by atoms with Crippen LogP contribution in [0.15, 0.2) is 48.5 Å². The van der Waals surface area contributed by atoms with Gasteiger partial charge in [-0.1, -0.05) is 12.1 Å². The Hall–Kier alpha value is -2.03. The Bertz CT molecular complexity index is 544. The highest BCUT2D eigenvalue weighted by Crippen LogP contribution is 2.11. The quantitative estimate of drug-likeness (QED) is 0.737.